The van der Waals surface area contributed by atoms with Gasteiger partial charge in [0.2, 0.25) is 0 Å². The average Bonchev–Trinajstić information content (AvgIpc) is 2.76. The highest BCUT2D eigenvalue weighted by molar-refractivity contribution is 5.58. The van der Waals surface area contributed by atoms with Gasteiger partial charge in [0.1, 0.15) is 12.4 Å². The van der Waals surface area contributed by atoms with Gasteiger partial charge in [-0.3, -0.25) is 4.90 Å². The molecular formula is C28H50N2O2. The van der Waals surface area contributed by atoms with Crippen molar-refractivity contribution in [2.24, 2.45) is 11.3 Å². The largest absolute Gasteiger partial charge is 0.491 e. The van der Waals surface area contributed by atoms with Crippen molar-refractivity contribution < 1.29 is 9.47 Å². The molecule has 1 saturated heterocycles. The number of methoxy groups -OCH3 is 1. The Balaban J connectivity index is 2.24. The standard InChI is InChI=1S/C28H50N2O2/c1-8-10-13-29-14-16-30(17-15-29)27-12-11-25(32-19-18-31-7)20-26(27)24(9-2)22-28(5,6)21-23(3)4/h11-12,20,23-24H,8-10,13-19,21-22H2,1-7H3. The summed E-state index contributed by atoms with van der Waals surface area (Å²) in [6.07, 6.45) is 6.22. The Kier molecular flexibility index (Phi) is 11.3. The third-order valence-electron chi connectivity index (χ3n) is 6.79. The van der Waals surface area contributed by atoms with Crippen LogP contribution in [-0.2, 0) is 4.74 Å². The first-order valence-corrected chi connectivity index (χ1v) is 13.0. The van der Waals surface area contributed by atoms with Crippen molar-refractivity contribution in [3.63, 3.8) is 0 Å². The number of hydrogen-bond acceptors (Lipinski definition) is 4. The first-order chi connectivity index (χ1) is 15.3. The zero-order valence-corrected chi connectivity index (χ0v) is 22.1. The minimum absolute atomic E-state index is 0.331. The minimum atomic E-state index is 0.331. The number of benzene rings is 1. The van der Waals surface area contributed by atoms with Gasteiger partial charge < -0.3 is 14.4 Å². The van der Waals surface area contributed by atoms with Gasteiger partial charge >= 0.3 is 0 Å². The van der Waals surface area contributed by atoms with Gasteiger partial charge in [-0.15, -0.1) is 0 Å². The Hall–Kier alpha value is -1.26. The van der Waals surface area contributed by atoms with E-state index in [-0.39, 0.29) is 0 Å². The number of unbranched alkanes of at least 4 members (excludes halogenated alkanes) is 1. The van der Waals surface area contributed by atoms with Crippen molar-refractivity contribution in [2.45, 2.75) is 79.6 Å². The predicted octanol–water partition coefficient (Wildman–Crippen LogP) is 6.59. The van der Waals surface area contributed by atoms with Crippen molar-refractivity contribution in [2.75, 3.05) is 57.9 Å². The molecule has 1 aromatic rings. The molecule has 184 valence electrons. The molecule has 1 atom stereocenters. The predicted molar refractivity (Wildman–Crippen MR) is 138 cm³/mol. The van der Waals surface area contributed by atoms with Crippen LogP contribution in [0.5, 0.6) is 5.75 Å². The molecule has 4 nitrogen and oxygen atoms in total. The Bertz CT molecular complexity index is 651. The Morgan fingerprint density at radius 3 is 2.31 bits per heavy atom. The van der Waals surface area contributed by atoms with Gasteiger partial charge in [0.05, 0.1) is 6.61 Å². The number of rotatable bonds is 14. The summed E-state index contributed by atoms with van der Waals surface area (Å²) in [6, 6.07) is 6.80. The van der Waals surface area contributed by atoms with Gasteiger partial charge in [-0.05, 0) is 73.2 Å². The van der Waals surface area contributed by atoms with E-state index in [0.717, 1.165) is 31.2 Å². The second-order valence-electron chi connectivity index (χ2n) is 10.8. The van der Waals surface area contributed by atoms with E-state index >= 15 is 0 Å². The molecule has 0 aromatic heterocycles. The third kappa shape index (κ3) is 8.59. The van der Waals surface area contributed by atoms with Crippen molar-refractivity contribution in [3.05, 3.63) is 23.8 Å². The smallest absolute Gasteiger partial charge is 0.119 e. The molecular weight excluding hydrogens is 396 g/mol. The van der Waals surface area contributed by atoms with Gasteiger partial charge in [-0.25, -0.2) is 0 Å². The Morgan fingerprint density at radius 2 is 1.72 bits per heavy atom. The highest BCUT2D eigenvalue weighted by atomic mass is 16.5. The molecule has 1 aliphatic rings. The average molecular weight is 447 g/mol. The van der Waals surface area contributed by atoms with Crippen LogP contribution in [0.2, 0.25) is 0 Å². The summed E-state index contributed by atoms with van der Waals surface area (Å²) in [5.74, 6) is 2.24. The van der Waals surface area contributed by atoms with Crippen LogP contribution in [0.25, 0.3) is 0 Å². The molecule has 32 heavy (non-hydrogen) atoms. The molecule has 0 amide bonds. The van der Waals surface area contributed by atoms with E-state index in [1.54, 1.807) is 7.11 Å². The summed E-state index contributed by atoms with van der Waals surface area (Å²) in [4.78, 5) is 5.25. The van der Waals surface area contributed by atoms with Crippen LogP contribution in [0.4, 0.5) is 5.69 Å². The molecule has 1 heterocycles. The molecule has 0 bridgehead atoms. The maximum Gasteiger partial charge on any atom is 0.119 e. The maximum atomic E-state index is 6.03. The summed E-state index contributed by atoms with van der Waals surface area (Å²) < 4.78 is 11.2. The van der Waals surface area contributed by atoms with Crippen LogP contribution in [0.3, 0.4) is 0 Å². The molecule has 0 spiro atoms. The zero-order valence-electron chi connectivity index (χ0n) is 22.1. The first-order valence-electron chi connectivity index (χ1n) is 13.0. The number of piperazine rings is 1. The quantitative estimate of drug-likeness (QED) is 0.301. The zero-order chi connectivity index (χ0) is 23.6. The molecule has 0 saturated carbocycles. The number of hydrogen-bond donors (Lipinski definition) is 0. The molecule has 1 fully saturated rings. The molecule has 4 heteroatoms. The lowest BCUT2D eigenvalue weighted by molar-refractivity contribution is 0.146. The summed E-state index contributed by atoms with van der Waals surface area (Å²) in [5.41, 5.74) is 3.23. The van der Waals surface area contributed by atoms with E-state index in [0.29, 0.717) is 24.5 Å². The Morgan fingerprint density at radius 1 is 1.00 bits per heavy atom. The molecule has 0 radical (unpaired) electrons. The molecule has 1 aliphatic heterocycles. The van der Waals surface area contributed by atoms with Crippen LogP contribution >= 0.6 is 0 Å². The number of nitrogens with zero attached hydrogens (tertiary/aromatic N) is 2. The Labute approximate surface area is 198 Å². The van der Waals surface area contributed by atoms with Gasteiger partial charge in [-0.2, -0.15) is 0 Å². The third-order valence-corrected chi connectivity index (χ3v) is 6.79. The van der Waals surface area contributed by atoms with E-state index < -0.39 is 0 Å². The van der Waals surface area contributed by atoms with Crippen LogP contribution < -0.4 is 9.64 Å². The molecule has 1 aromatic carbocycles. The van der Waals surface area contributed by atoms with Crippen molar-refractivity contribution in [1.29, 1.82) is 0 Å². The van der Waals surface area contributed by atoms with Crippen LogP contribution in [0, 0.1) is 11.3 Å². The van der Waals surface area contributed by atoms with E-state index in [1.807, 2.05) is 0 Å². The minimum Gasteiger partial charge on any atom is -0.491 e. The summed E-state index contributed by atoms with van der Waals surface area (Å²) in [6.45, 7) is 21.2. The molecule has 0 aliphatic carbocycles. The molecule has 0 N–H and O–H groups in total. The molecule has 1 unspecified atom stereocenters. The molecule has 2 rings (SSSR count). The van der Waals surface area contributed by atoms with Gasteiger partial charge in [0, 0.05) is 39.0 Å². The lowest BCUT2D eigenvalue weighted by Gasteiger charge is -2.39. The fourth-order valence-electron chi connectivity index (χ4n) is 5.40. The summed E-state index contributed by atoms with van der Waals surface area (Å²) in [5, 5.41) is 0. The maximum absolute atomic E-state index is 6.03. The second-order valence-corrected chi connectivity index (χ2v) is 10.8. The number of anilines is 1. The lowest BCUT2D eigenvalue weighted by Crippen LogP contribution is -2.47. The topological polar surface area (TPSA) is 24.9 Å². The normalized spacial score (nSPS) is 16.6. The van der Waals surface area contributed by atoms with E-state index in [2.05, 4.69) is 69.5 Å². The van der Waals surface area contributed by atoms with Crippen LogP contribution in [0.1, 0.15) is 85.1 Å². The number of ether oxygens (including phenoxy) is 2. The van der Waals surface area contributed by atoms with Crippen molar-refractivity contribution >= 4 is 5.69 Å². The van der Waals surface area contributed by atoms with Crippen molar-refractivity contribution in [3.8, 4) is 5.75 Å². The SMILES string of the molecule is CCCCN1CCN(c2ccc(OCCOC)cc2C(CC)CC(C)(C)CC(C)C)CC1. The fourth-order valence-corrected chi connectivity index (χ4v) is 5.40. The van der Waals surface area contributed by atoms with Crippen LogP contribution in [-0.4, -0.2) is 57.9 Å². The van der Waals surface area contributed by atoms with E-state index in [4.69, 9.17) is 9.47 Å². The van der Waals surface area contributed by atoms with Crippen molar-refractivity contribution in [1.82, 2.24) is 4.90 Å². The highest BCUT2D eigenvalue weighted by Crippen LogP contribution is 2.42. The van der Waals surface area contributed by atoms with Gasteiger partial charge in [0.25, 0.3) is 0 Å². The van der Waals surface area contributed by atoms with Gasteiger partial charge in [0.15, 0.2) is 0 Å². The summed E-state index contributed by atoms with van der Waals surface area (Å²) in [7, 11) is 1.72. The highest BCUT2D eigenvalue weighted by Gasteiger charge is 2.28. The second kappa shape index (κ2) is 13.4. The van der Waals surface area contributed by atoms with Crippen LogP contribution in [0.15, 0.2) is 18.2 Å². The van der Waals surface area contributed by atoms with E-state index in [1.165, 1.54) is 56.6 Å². The summed E-state index contributed by atoms with van der Waals surface area (Å²) >= 11 is 0. The monoisotopic (exact) mass is 446 g/mol. The fraction of sp³-hybridized carbons (Fsp3) is 0.786. The van der Waals surface area contributed by atoms with Gasteiger partial charge in [-0.1, -0.05) is 48.0 Å². The first kappa shape index (κ1) is 27.0. The lowest BCUT2D eigenvalue weighted by atomic mass is 9.74. The van der Waals surface area contributed by atoms with E-state index in [9.17, 15) is 0 Å².